The van der Waals surface area contributed by atoms with Gasteiger partial charge in [0.15, 0.2) is 17.2 Å². The minimum Gasteiger partial charge on any atom is -0.493 e. The van der Waals surface area contributed by atoms with Gasteiger partial charge in [-0.3, -0.25) is 0 Å². The Hall–Kier alpha value is -2.80. The van der Waals surface area contributed by atoms with Crippen molar-refractivity contribution in [3.8, 4) is 11.5 Å². The third kappa shape index (κ3) is 5.41. The van der Waals surface area contributed by atoms with Crippen LogP contribution in [0, 0.1) is 6.92 Å². The predicted octanol–water partition coefficient (Wildman–Crippen LogP) is 7.00. The summed E-state index contributed by atoms with van der Waals surface area (Å²) in [6.07, 6.45) is 1.61. The van der Waals surface area contributed by atoms with Gasteiger partial charge in [0, 0.05) is 5.02 Å². The average molecular weight is 547 g/mol. The normalized spacial score (nSPS) is 14.3. The quantitative estimate of drug-likeness (QED) is 0.247. The number of esters is 1. The molecule has 0 aromatic heterocycles. The van der Waals surface area contributed by atoms with Crippen molar-refractivity contribution < 1.29 is 19.0 Å². The van der Waals surface area contributed by atoms with Crippen molar-refractivity contribution in [2.24, 2.45) is 4.99 Å². The molecule has 0 unspecified atom stereocenters. The van der Waals surface area contributed by atoms with Gasteiger partial charge >= 0.3 is 5.97 Å². The molecule has 5 nitrogen and oxygen atoms in total. The van der Waals surface area contributed by atoms with Crippen molar-refractivity contribution in [3.63, 3.8) is 0 Å². The van der Waals surface area contributed by atoms with E-state index in [1.165, 1.54) is 5.56 Å². The second kappa shape index (κ2) is 10.00. The minimum atomic E-state index is -0.578. The molecule has 0 bridgehead atoms. The van der Waals surface area contributed by atoms with Crippen LogP contribution >= 0.6 is 39.1 Å². The lowest BCUT2D eigenvalue weighted by Gasteiger charge is -2.14. The molecule has 4 rings (SSSR count). The zero-order valence-corrected chi connectivity index (χ0v) is 20.8. The molecule has 8 heteroatoms. The number of aryl methyl sites for hydroxylation is 1. The molecule has 0 atom stereocenters. The third-order valence-electron chi connectivity index (χ3n) is 4.84. The molecule has 1 aliphatic rings. The highest BCUT2D eigenvalue weighted by molar-refractivity contribution is 9.10. The van der Waals surface area contributed by atoms with E-state index in [-0.39, 0.29) is 11.6 Å². The predicted molar refractivity (Wildman–Crippen MR) is 133 cm³/mol. The first kappa shape index (κ1) is 23.4. The average Bonchev–Trinajstić information content (AvgIpc) is 3.13. The van der Waals surface area contributed by atoms with Crippen LogP contribution in [-0.4, -0.2) is 19.0 Å². The molecule has 0 N–H and O–H groups in total. The van der Waals surface area contributed by atoms with Gasteiger partial charge in [0.25, 0.3) is 0 Å². The number of cyclic esters (lactones) is 1. The first-order chi connectivity index (χ1) is 15.8. The maximum absolute atomic E-state index is 12.4. The zero-order chi connectivity index (χ0) is 23.5. The Labute approximate surface area is 209 Å². The maximum Gasteiger partial charge on any atom is 0.363 e. The van der Waals surface area contributed by atoms with E-state index >= 15 is 0 Å². The topological polar surface area (TPSA) is 57.1 Å². The molecule has 0 saturated carbocycles. The summed E-state index contributed by atoms with van der Waals surface area (Å²) in [5.74, 6) is 0.619. The van der Waals surface area contributed by atoms with Gasteiger partial charge in [0.1, 0.15) is 6.61 Å². The lowest BCUT2D eigenvalue weighted by molar-refractivity contribution is -0.129. The smallest absolute Gasteiger partial charge is 0.363 e. The fourth-order valence-corrected chi connectivity index (χ4v) is 4.21. The van der Waals surface area contributed by atoms with E-state index in [1.807, 2.05) is 37.3 Å². The van der Waals surface area contributed by atoms with Gasteiger partial charge in [-0.25, -0.2) is 9.79 Å². The van der Waals surface area contributed by atoms with Crippen LogP contribution in [0.4, 0.5) is 0 Å². The van der Waals surface area contributed by atoms with Crippen LogP contribution in [0.2, 0.25) is 10.0 Å². The van der Waals surface area contributed by atoms with Crippen LogP contribution in [0.3, 0.4) is 0 Å². The number of halogens is 3. The standard InChI is InChI=1S/C25H18BrCl2NO4/c1-14-3-5-15(6-4-14)13-32-23-19(26)9-16(11-22(23)31-2)10-21-25(30)33-24(29-21)18-8-7-17(27)12-20(18)28/h3-12H,13H2,1-2H3/b21-10-. The highest BCUT2D eigenvalue weighted by Gasteiger charge is 2.26. The fraction of sp³-hybridized carbons (Fsp3) is 0.120. The Morgan fingerprint density at radius 1 is 1.09 bits per heavy atom. The van der Waals surface area contributed by atoms with Crippen molar-refractivity contribution >= 4 is 57.1 Å². The van der Waals surface area contributed by atoms with E-state index in [0.29, 0.717) is 43.8 Å². The Morgan fingerprint density at radius 3 is 2.55 bits per heavy atom. The van der Waals surface area contributed by atoms with Gasteiger partial charge in [0.2, 0.25) is 5.90 Å². The van der Waals surface area contributed by atoms with Crippen LogP contribution in [-0.2, 0) is 16.1 Å². The fourth-order valence-electron chi connectivity index (χ4n) is 3.15. The van der Waals surface area contributed by atoms with Crippen LogP contribution in [0.5, 0.6) is 11.5 Å². The first-order valence-corrected chi connectivity index (χ1v) is 11.4. The van der Waals surface area contributed by atoms with E-state index in [1.54, 1.807) is 37.5 Å². The summed E-state index contributed by atoms with van der Waals surface area (Å²) in [6.45, 7) is 2.42. The highest BCUT2D eigenvalue weighted by Crippen LogP contribution is 2.38. The molecule has 3 aromatic rings. The summed E-state index contributed by atoms with van der Waals surface area (Å²) in [4.78, 5) is 16.7. The van der Waals surface area contributed by atoms with E-state index in [0.717, 1.165) is 5.56 Å². The lowest BCUT2D eigenvalue weighted by Crippen LogP contribution is -2.05. The Kier molecular flexibility index (Phi) is 7.08. The second-order valence-electron chi connectivity index (χ2n) is 7.27. The lowest BCUT2D eigenvalue weighted by atomic mass is 10.1. The molecule has 33 heavy (non-hydrogen) atoms. The number of nitrogens with zero attached hydrogens (tertiary/aromatic N) is 1. The first-order valence-electron chi connectivity index (χ1n) is 9.88. The summed E-state index contributed by atoms with van der Waals surface area (Å²) in [6, 6.07) is 16.5. The number of carbonyl (C=O) groups is 1. The number of hydrogen-bond donors (Lipinski definition) is 0. The molecule has 1 aliphatic heterocycles. The number of carbonyl (C=O) groups excluding carboxylic acids is 1. The van der Waals surface area contributed by atoms with Crippen molar-refractivity contribution in [2.45, 2.75) is 13.5 Å². The summed E-state index contributed by atoms with van der Waals surface area (Å²) < 4.78 is 17.5. The molecule has 0 saturated heterocycles. The number of hydrogen-bond acceptors (Lipinski definition) is 5. The van der Waals surface area contributed by atoms with E-state index < -0.39 is 5.97 Å². The van der Waals surface area contributed by atoms with E-state index in [2.05, 4.69) is 20.9 Å². The second-order valence-corrected chi connectivity index (χ2v) is 8.97. The van der Waals surface area contributed by atoms with Crippen molar-refractivity contribution in [1.82, 2.24) is 0 Å². The number of benzene rings is 3. The molecule has 0 spiro atoms. The van der Waals surface area contributed by atoms with Crippen molar-refractivity contribution in [3.05, 3.63) is 97.1 Å². The molecule has 1 heterocycles. The third-order valence-corrected chi connectivity index (χ3v) is 5.98. The van der Waals surface area contributed by atoms with Crippen LogP contribution < -0.4 is 9.47 Å². The monoisotopic (exact) mass is 545 g/mol. The van der Waals surface area contributed by atoms with Gasteiger partial charge < -0.3 is 14.2 Å². The SMILES string of the molecule is COc1cc(/C=C2\N=C(c3ccc(Cl)cc3Cl)OC2=O)cc(Br)c1OCc1ccc(C)cc1. The Bertz CT molecular complexity index is 1290. The number of aliphatic imine (C=N–C) groups is 1. The number of methoxy groups -OCH3 is 1. The van der Waals surface area contributed by atoms with Crippen molar-refractivity contribution in [2.75, 3.05) is 7.11 Å². The van der Waals surface area contributed by atoms with Crippen LogP contribution in [0.15, 0.2) is 69.8 Å². The maximum atomic E-state index is 12.4. The molecule has 168 valence electrons. The molecule has 0 amide bonds. The van der Waals surface area contributed by atoms with Gasteiger partial charge in [-0.05, 0) is 70.4 Å². The van der Waals surface area contributed by atoms with Gasteiger partial charge in [-0.2, -0.15) is 0 Å². The van der Waals surface area contributed by atoms with Crippen molar-refractivity contribution in [1.29, 1.82) is 0 Å². The van der Waals surface area contributed by atoms with Crippen LogP contribution in [0.25, 0.3) is 6.08 Å². The molecule has 0 aliphatic carbocycles. The minimum absolute atomic E-state index is 0.122. The largest absolute Gasteiger partial charge is 0.493 e. The van der Waals surface area contributed by atoms with Crippen LogP contribution in [0.1, 0.15) is 22.3 Å². The molecule has 3 aromatic carbocycles. The summed E-state index contributed by atoms with van der Waals surface area (Å²) in [5, 5.41) is 0.820. The van der Waals surface area contributed by atoms with E-state index in [4.69, 9.17) is 37.4 Å². The molecular formula is C25H18BrCl2NO4. The summed E-state index contributed by atoms with van der Waals surface area (Å²) >= 11 is 15.7. The number of ether oxygens (including phenoxy) is 3. The number of rotatable bonds is 6. The molecular weight excluding hydrogens is 529 g/mol. The Morgan fingerprint density at radius 2 is 1.85 bits per heavy atom. The molecule has 0 fully saturated rings. The van der Waals surface area contributed by atoms with E-state index in [9.17, 15) is 4.79 Å². The summed E-state index contributed by atoms with van der Waals surface area (Å²) in [7, 11) is 1.56. The van der Waals surface area contributed by atoms with Gasteiger partial charge in [-0.1, -0.05) is 53.0 Å². The molecule has 0 radical (unpaired) electrons. The Balaban J connectivity index is 1.60. The highest BCUT2D eigenvalue weighted by atomic mass is 79.9. The van der Waals surface area contributed by atoms with Gasteiger partial charge in [0.05, 0.1) is 22.2 Å². The van der Waals surface area contributed by atoms with Gasteiger partial charge in [-0.15, -0.1) is 0 Å². The summed E-state index contributed by atoms with van der Waals surface area (Å²) in [5.41, 5.74) is 3.52. The zero-order valence-electron chi connectivity index (χ0n) is 17.7.